The van der Waals surface area contributed by atoms with Crippen LogP contribution in [0.25, 0.3) is 6.08 Å². The molecule has 0 unspecified atom stereocenters. The van der Waals surface area contributed by atoms with Gasteiger partial charge in [0.1, 0.15) is 16.5 Å². The Morgan fingerprint density at radius 1 is 1.00 bits per heavy atom. The van der Waals surface area contributed by atoms with Gasteiger partial charge in [0, 0.05) is 26.3 Å². The summed E-state index contributed by atoms with van der Waals surface area (Å²) in [7, 11) is -2.57. The molecule has 8 heteroatoms. The Bertz CT molecular complexity index is 1190. The lowest BCUT2D eigenvalue weighted by atomic mass is 10.2. The van der Waals surface area contributed by atoms with Gasteiger partial charge in [0.2, 0.25) is 5.91 Å². The van der Waals surface area contributed by atoms with Crippen LogP contribution in [0.4, 0.5) is 4.39 Å². The van der Waals surface area contributed by atoms with Gasteiger partial charge in [0.25, 0.3) is 0 Å². The van der Waals surface area contributed by atoms with E-state index in [0.29, 0.717) is 18.7 Å². The Labute approximate surface area is 193 Å². The third-order valence-electron chi connectivity index (χ3n) is 4.68. The molecule has 0 aliphatic heterocycles. The highest BCUT2D eigenvalue weighted by Crippen LogP contribution is 2.21. The van der Waals surface area contributed by atoms with Crippen molar-refractivity contribution in [2.45, 2.75) is 11.4 Å². The van der Waals surface area contributed by atoms with Crippen molar-refractivity contribution in [2.24, 2.45) is 0 Å². The van der Waals surface area contributed by atoms with Crippen LogP contribution >= 0.6 is 0 Å². The van der Waals surface area contributed by atoms with E-state index in [-0.39, 0.29) is 23.1 Å². The molecule has 3 aromatic carbocycles. The minimum Gasteiger partial charge on any atom is -0.383 e. The minimum absolute atomic E-state index is 0.0933. The predicted molar refractivity (Wildman–Crippen MR) is 123 cm³/mol. The van der Waals surface area contributed by atoms with Gasteiger partial charge in [-0.05, 0) is 53.6 Å². The monoisotopic (exact) mass is 469 g/mol. The van der Waals surface area contributed by atoms with Crippen LogP contribution in [0.5, 0.6) is 5.75 Å². The van der Waals surface area contributed by atoms with E-state index in [4.69, 9.17) is 8.92 Å². The fourth-order valence-electron chi connectivity index (χ4n) is 3.00. The average Bonchev–Trinajstić information content (AvgIpc) is 2.81. The lowest BCUT2D eigenvalue weighted by Gasteiger charge is -2.21. The summed E-state index contributed by atoms with van der Waals surface area (Å²) in [5.74, 6) is -0.657. The SMILES string of the molecule is COCCN(Cc1cccc(OS(=O)(=O)c2ccc(F)cc2)c1)C(=O)/C=C/c1ccccc1. The standard InChI is InChI=1S/C25H24FNO5S/c1-31-17-16-27(25(28)15-10-20-6-3-2-4-7-20)19-21-8-5-9-23(18-21)32-33(29,30)24-13-11-22(26)12-14-24/h2-15,18H,16-17,19H2,1H3/b15-10+. The summed E-state index contributed by atoms with van der Waals surface area (Å²) in [5.41, 5.74) is 1.58. The number of benzene rings is 3. The summed E-state index contributed by atoms with van der Waals surface area (Å²) >= 11 is 0. The zero-order chi connectivity index (χ0) is 23.7. The molecule has 0 spiro atoms. The van der Waals surface area contributed by atoms with E-state index in [9.17, 15) is 17.6 Å². The Morgan fingerprint density at radius 2 is 1.73 bits per heavy atom. The fraction of sp³-hybridized carbons (Fsp3) is 0.160. The van der Waals surface area contributed by atoms with Crippen LogP contribution in [-0.4, -0.2) is 39.5 Å². The molecule has 0 aromatic heterocycles. The van der Waals surface area contributed by atoms with Crippen LogP contribution in [0.15, 0.2) is 89.8 Å². The summed E-state index contributed by atoms with van der Waals surface area (Å²) in [4.78, 5) is 14.2. The number of rotatable bonds is 10. The van der Waals surface area contributed by atoms with Crippen LogP contribution in [0.1, 0.15) is 11.1 Å². The molecular weight excluding hydrogens is 445 g/mol. The minimum atomic E-state index is -4.12. The van der Waals surface area contributed by atoms with E-state index in [1.54, 1.807) is 36.3 Å². The maximum atomic E-state index is 13.1. The summed E-state index contributed by atoms with van der Waals surface area (Å²) < 4.78 is 48.4. The largest absolute Gasteiger partial charge is 0.383 e. The van der Waals surface area contributed by atoms with E-state index < -0.39 is 15.9 Å². The number of ether oxygens (including phenoxy) is 1. The number of carbonyl (C=O) groups excluding carboxylic acids is 1. The van der Waals surface area contributed by atoms with Crippen molar-refractivity contribution in [3.63, 3.8) is 0 Å². The van der Waals surface area contributed by atoms with E-state index in [1.165, 1.54) is 12.1 Å². The number of amides is 1. The second-order valence-electron chi connectivity index (χ2n) is 7.14. The molecule has 0 fully saturated rings. The topological polar surface area (TPSA) is 72.9 Å². The zero-order valence-corrected chi connectivity index (χ0v) is 18.9. The molecule has 0 heterocycles. The first kappa shape index (κ1) is 24.2. The lowest BCUT2D eigenvalue weighted by molar-refractivity contribution is -0.127. The van der Waals surface area contributed by atoms with E-state index in [2.05, 4.69) is 0 Å². The lowest BCUT2D eigenvalue weighted by Crippen LogP contribution is -2.32. The van der Waals surface area contributed by atoms with Crippen molar-refractivity contribution >= 4 is 22.1 Å². The van der Waals surface area contributed by atoms with E-state index in [1.807, 2.05) is 30.3 Å². The molecule has 3 rings (SSSR count). The van der Waals surface area contributed by atoms with Gasteiger partial charge in [-0.1, -0.05) is 42.5 Å². The molecule has 0 aliphatic carbocycles. The van der Waals surface area contributed by atoms with Crippen LogP contribution in [0.3, 0.4) is 0 Å². The van der Waals surface area contributed by atoms with Crippen LogP contribution in [0.2, 0.25) is 0 Å². The van der Waals surface area contributed by atoms with Crippen molar-refractivity contribution in [1.82, 2.24) is 4.90 Å². The van der Waals surface area contributed by atoms with Gasteiger partial charge in [-0.15, -0.1) is 0 Å². The van der Waals surface area contributed by atoms with E-state index in [0.717, 1.165) is 29.8 Å². The van der Waals surface area contributed by atoms with Gasteiger partial charge in [-0.2, -0.15) is 8.42 Å². The first-order valence-corrected chi connectivity index (χ1v) is 11.6. The zero-order valence-electron chi connectivity index (χ0n) is 18.1. The molecule has 0 aliphatic rings. The Hall–Kier alpha value is -3.49. The third-order valence-corrected chi connectivity index (χ3v) is 5.94. The summed E-state index contributed by atoms with van der Waals surface area (Å²) in [6.07, 6.45) is 3.22. The second kappa shape index (κ2) is 11.4. The molecule has 33 heavy (non-hydrogen) atoms. The molecule has 0 N–H and O–H groups in total. The quantitative estimate of drug-likeness (QED) is 0.327. The molecule has 0 saturated heterocycles. The summed E-state index contributed by atoms with van der Waals surface area (Å²) in [5, 5.41) is 0. The molecule has 1 amide bonds. The van der Waals surface area contributed by atoms with Gasteiger partial charge in [-0.25, -0.2) is 4.39 Å². The first-order chi connectivity index (χ1) is 15.9. The third kappa shape index (κ3) is 7.27. The molecule has 6 nitrogen and oxygen atoms in total. The normalized spacial score (nSPS) is 11.5. The number of methoxy groups -OCH3 is 1. The molecule has 0 bridgehead atoms. The van der Waals surface area contributed by atoms with Crippen LogP contribution in [-0.2, 0) is 26.2 Å². The maximum absolute atomic E-state index is 13.1. The van der Waals surface area contributed by atoms with E-state index >= 15 is 0 Å². The number of hydrogen-bond acceptors (Lipinski definition) is 5. The highest BCUT2D eigenvalue weighted by atomic mass is 32.2. The molecule has 3 aromatic rings. The van der Waals surface area contributed by atoms with Gasteiger partial charge < -0.3 is 13.8 Å². The first-order valence-electron chi connectivity index (χ1n) is 10.2. The molecule has 0 atom stereocenters. The van der Waals surface area contributed by atoms with Crippen LogP contribution in [0, 0.1) is 5.82 Å². The van der Waals surface area contributed by atoms with Crippen molar-refractivity contribution in [3.05, 3.63) is 102 Å². The Morgan fingerprint density at radius 3 is 2.42 bits per heavy atom. The van der Waals surface area contributed by atoms with Crippen molar-refractivity contribution in [3.8, 4) is 5.75 Å². The molecule has 0 radical (unpaired) electrons. The Balaban J connectivity index is 1.74. The van der Waals surface area contributed by atoms with Crippen molar-refractivity contribution in [1.29, 1.82) is 0 Å². The van der Waals surface area contributed by atoms with Crippen molar-refractivity contribution < 1.29 is 26.5 Å². The molecule has 0 saturated carbocycles. The highest BCUT2D eigenvalue weighted by molar-refractivity contribution is 7.87. The number of hydrogen-bond donors (Lipinski definition) is 0. The number of carbonyl (C=O) groups is 1. The molecule has 172 valence electrons. The fourth-order valence-corrected chi connectivity index (χ4v) is 3.92. The van der Waals surface area contributed by atoms with Gasteiger partial charge in [-0.3, -0.25) is 4.79 Å². The van der Waals surface area contributed by atoms with Crippen molar-refractivity contribution in [2.75, 3.05) is 20.3 Å². The second-order valence-corrected chi connectivity index (χ2v) is 8.68. The smallest absolute Gasteiger partial charge is 0.339 e. The predicted octanol–water partition coefficient (Wildman–Crippen LogP) is 4.28. The van der Waals surface area contributed by atoms with Gasteiger partial charge >= 0.3 is 10.1 Å². The molecular formula is C25H24FNO5S. The summed E-state index contributed by atoms with van der Waals surface area (Å²) in [6.45, 7) is 0.933. The maximum Gasteiger partial charge on any atom is 0.339 e. The number of nitrogens with zero attached hydrogens (tertiary/aromatic N) is 1. The van der Waals surface area contributed by atoms with Gasteiger partial charge in [0.05, 0.1) is 6.61 Å². The number of halogens is 1. The van der Waals surface area contributed by atoms with Crippen LogP contribution < -0.4 is 4.18 Å². The highest BCUT2D eigenvalue weighted by Gasteiger charge is 2.18. The Kier molecular flexibility index (Phi) is 8.34. The average molecular weight is 470 g/mol. The summed E-state index contributed by atoms with van der Waals surface area (Å²) in [6, 6.07) is 20.3. The van der Waals surface area contributed by atoms with Gasteiger partial charge in [0.15, 0.2) is 0 Å².